The van der Waals surface area contributed by atoms with E-state index in [1.54, 1.807) is 6.21 Å². The van der Waals surface area contributed by atoms with E-state index in [1.165, 1.54) is 5.56 Å². The molecule has 0 atom stereocenters. The first-order valence-electron chi connectivity index (χ1n) is 8.03. The number of carbonyl (C=O) groups is 2. The van der Waals surface area contributed by atoms with E-state index >= 15 is 0 Å². The fourth-order valence-electron chi connectivity index (χ4n) is 2.06. The standard InChI is InChI=1S/C19H20BrN3O2/c1-2-14-5-9-17(10-6-14)22-18(24)11-12-19(25)23-21-13-15-3-7-16(20)8-4-15/h3-10,13H,2,11-12H2,1H3,(H,22,24)(H,23,25)/b21-13-. The van der Waals surface area contributed by atoms with Gasteiger partial charge in [-0.15, -0.1) is 0 Å². The van der Waals surface area contributed by atoms with Crippen LogP contribution in [0.3, 0.4) is 0 Å². The van der Waals surface area contributed by atoms with Crippen LogP contribution in [-0.4, -0.2) is 18.0 Å². The number of nitrogens with zero attached hydrogens (tertiary/aromatic N) is 1. The van der Waals surface area contributed by atoms with Crippen LogP contribution in [0.25, 0.3) is 0 Å². The van der Waals surface area contributed by atoms with E-state index < -0.39 is 0 Å². The number of hydrogen-bond donors (Lipinski definition) is 2. The minimum absolute atomic E-state index is 0.0799. The molecule has 0 aliphatic heterocycles. The van der Waals surface area contributed by atoms with Gasteiger partial charge >= 0.3 is 0 Å². The van der Waals surface area contributed by atoms with Gasteiger partial charge in [-0.25, -0.2) is 5.43 Å². The Balaban J connectivity index is 1.71. The summed E-state index contributed by atoms with van der Waals surface area (Å²) in [6.07, 6.45) is 2.70. The minimum Gasteiger partial charge on any atom is -0.326 e. The molecule has 0 heterocycles. The number of benzene rings is 2. The van der Waals surface area contributed by atoms with Crippen molar-refractivity contribution < 1.29 is 9.59 Å². The quantitative estimate of drug-likeness (QED) is 0.545. The van der Waals surface area contributed by atoms with Crippen LogP contribution >= 0.6 is 15.9 Å². The molecular weight excluding hydrogens is 382 g/mol. The van der Waals surface area contributed by atoms with E-state index in [0.29, 0.717) is 0 Å². The molecule has 0 saturated heterocycles. The van der Waals surface area contributed by atoms with Gasteiger partial charge in [0.1, 0.15) is 0 Å². The third kappa shape index (κ3) is 6.89. The summed E-state index contributed by atoms with van der Waals surface area (Å²) in [5.41, 5.74) is 5.23. The molecule has 0 aliphatic carbocycles. The molecule has 5 nitrogen and oxygen atoms in total. The molecule has 0 aliphatic rings. The van der Waals surface area contributed by atoms with Crippen molar-refractivity contribution in [3.05, 3.63) is 64.1 Å². The Bertz CT molecular complexity index is 740. The molecule has 0 fully saturated rings. The van der Waals surface area contributed by atoms with Crippen molar-refractivity contribution in [2.24, 2.45) is 5.10 Å². The van der Waals surface area contributed by atoms with Gasteiger partial charge in [0.2, 0.25) is 11.8 Å². The van der Waals surface area contributed by atoms with Crippen LogP contribution in [-0.2, 0) is 16.0 Å². The minimum atomic E-state index is -0.301. The second kappa shape index (κ2) is 9.74. The van der Waals surface area contributed by atoms with Crippen molar-refractivity contribution in [3.8, 4) is 0 Å². The Kier molecular flexibility index (Phi) is 7.35. The van der Waals surface area contributed by atoms with Crippen LogP contribution in [0.15, 0.2) is 58.1 Å². The summed E-state index contributed by atoms with van der Waals surface area (Å²) in [6.45, 7) is 2.07. The number of hydrogen-bond acceptors (Lipinski definition) is 3. The van der Waals surface area contributed by atoms with Gasteiger partial charge in [0.15, 0.2) is 0 Å². The first kappa shape index (κ1) is 18.9. The van der Waals surface area contributed by atoms with E-state index in [2.05, 4.69) is 38.7 Å². The highest BCUT2D eigenvalue weighted by molar-refractivity contribution is 9.10. The number of anilines is 1. The summed E-state index contributed by atoms with van der Waals surface area (Å²) < 4.78 is 0.976. The maximum absolute atomic E-state index is 11.9. The predicted molar refractivity (Wildman–Crippen MR) is 104 cm³/mol. The lowest BCUT2D eigenvalue weighted by Crippen LogP contribution is -2.20. The molecule has 0 bridgehead atoms. The summed E-state index contributed by atoms with van der Waals surface area (Å²) in [7, 11) is 0. The summed E-state index contributed by atoms with van der Waals surface area (Å²) in [6, 6.07) is 15.2. The molecular formula is C19H20BrN3O2. The van der Waals surface area contributed by atoms with Crippen LogP contribution < -0.4 is 10.7 Å². The summed E-state index contributed by atoms with van der Waals surface area (Å²) in [5, 5.41) is 6.65. The van der Waals surface area contributed by atoms with Gasteiger partial charge in [-0.3, -0.25) is 9.59 Å². The molecule has 0 unspecified atom stereocenters. The molecule has 2 aromatic carbocycles. The molecule has 2 amide bonds. The van der Waals surface area contributed by atoms with Gasteiger partial charge in [0, 0.05) is 23.0 Å². The third-order valence-electron chi connectivity index (χ3n) is 3.50. The van der Waals surface area contributed by atoms with E-state index in [1.807, 2.05) is 48.5 Å². The Morgan fingerprint density at radius 1 is 1.00 bits per heavy atom. The van der Waals surface area contributed by atoms with Gasteiger partial charge in [0.05, 0.1) is 6.21 Å². The third-order valence-corrected chi connectivity index (χ3v) is 4.03. The fourth-order valence-corrected chi connectivity index (χ4v) is 2.32. The van der Waals surface area contributed by atoms with Crippen molar-refractivity contribution in [3.63, 3.8) is 0 Å². The smallest absolute Gasteiger partial charge is 0.240 e. The molecule has 0 spiro atoms. The predicted octanol–water partition coefficient (Wildman–Crippen LogP) is 3.88. The van der Waals surface area contributed by atoms with E-state index in [9.17, 15) is 9.59 Å². The highest BCUT2D eigenvalue weighted by Gasteiger charge is 2.06. The zero-order valence-corrected chi connectivity index (χ0v) is 15.5. The number of amides is 2. The van der Waals surface area contributed by atoms with Gasteiger partial charge in [-0.1, -0.05) is 47.1 Å². The Morgan fingerprint density at radius 3 is 2.28 bits per heavy atom. The van der Waals surface area contributed by atoms with E-state index in [-0.39, 0.29) is 24.7 Å². The summed E-state index contributed by atoms with van der Waals surface area (Å²) in [4.78, 5) is 23.6. The van der Waals surface area contributed by atoms with Crippen molar-refractivity contribution in [2.45, 2.75) is 26.2 Å². The summed E-state index contributed by atoms with van der Waals surface area (Å²) >= 11 is 3.35. The first-order valence-corrected chi connectivity index (χ1v) is 8.82. The first-order chi connectivity index (χ1) is 12.1. The lowest BCUT2D eigenvalue weighted by Gasteiger charge is -2.05. The van der Waals surface area contributed by atoms with Gasteiger partial charge in [-0.05, 0) is 41.8 Å². The largest absolute Gasteiger partial charge is 0.326 e. The second-order valence-corrected chi connectivity index (χ2v) is 6.36. The molecule has 2 aromatic rings. The molecule has 25 heavy (non-hydrogen) atoms. The number of rotatable bonds is 7. The number of halogens is 1. The zero-order chi connectivity index (χ0) is 18.1. The van der Waals surface area contributed by atoms with Crippen molar-refractivity contribution in [1.82, 2.24) is 5.43 Å². The van der Waals surface area contributed by atoms with Crippen molar-refractivity contribution >= 4 is 39.6 Å². The second-order valence-electron chi connectivity index (χ2n) is 5.44. The monoisotopic (exact) mass is 401 g/mol. The van der Waals surface area contributed by atoms with E-state index in [0.717, 1.165) is 22.1 Å². The maximum atomic E-state index is 11.9. The average molecular weight is 402 g/mol. The topological polar surface area (TPSA) is 70.6 Å². The number of hydrazone groups is 1. The van der Waals surface area contributed by atoms with Crippen LogP contribution in [0.2, 0.25) is 0 Å². The Labute approximate surface area is 155 Å². The van der Waals surface area contributed by atoms with Crippen molar-refractivity contribution in [1.29, 1.82) is 0 Å². The Morgan fingerprint density at radius 2 is 1.64 bits per heavy atom. The number of aryl methyl sites for hydroxylation is 1. The number of carbonyl (C=O) groups excluding carboxylic acids is 2. The maximum Gasteiger partial charge on any atom is 0.240 e. The van der Waals surface area contributed by atoms with Crippen LogP contribution in [0, 0.1) is 0 Å². The highest BCUT2D eigenvalue weighted by Crippen LogP contribution is 2.11. The molecule has 0 aromatic heterocycles. The highest BCUT2D eigenvalue weighted by atomic mass is 79.9. The lowest BCUT2D eigenvalue weighted by atomic mass is 10.1. The molecule has 2 rings (SSSR count). The Hall–Kier alpha value is -2.47. The SMILES string of the molecule is CCc1ccc(NC(=O)CCC(=O)N/N=C\c2ccc(Br)cc2)cc1. The van der Waals surface area contributed by atoms with Gasteiger partial charge in [-0.2, -0.15) is 5.10 Å². The van der Waals surface area contributed by atoms with Crippen LogP contribution in [0.5, 0.6) is 0 Å². The van der Waals surface area contributed by atoms with Crippen LogP contribution in [0.1, 0.15) is 30.9 Å². The molecule has 130 valence electrons. The number of nitrogens with one attached hydrogen (secondary N) is 2. The normalized spacial score (nSPS) is 10.6. The van der Waals surface area contributed by atoms with Crippen molar-refractivity contribution in [2.75, 3.05) is 5.32 Å². The fraction of sp³-hybridized carbons (Fsp3) is 0.211. The molecule has 6 heteroatoms. The van der Waals surface area contributed by atoms with Gasteiger partial charge < -0.3 is 5.32 Å². The van der Waals surface area contributed by atoms with Crippen LogP contribution in [0.4, 0.5) is 5.69 Å². The molecule has 0 radical (unpaired) electrons. The molecule has 0 saturated carbocycles. The average Bonchev–Trinajstić information content (AvgIpc) is 2.62. The lowest BCUT2D eigenvalue weighted by molar-refractivity contribution is -0.124. The van der Waals surface area contributed by atoms with E-state index in [4.69, 9.17) is 0 Å². The summed E-state index contributed by atoms with van der Waals surface area (Å²) in [5.74, 6) is -0.499. The van der Waals surface area contributed by atoms with Gasteiger partial charge in [0.25, 0.3) is 0 Å². The zero-order valence-electron chi connectivity index (χ0n) is 14.0. The molecule has 2 N–H and O–H groups in total.